The first-order valence-electron chi connectivity index (χ1n) is 12.9. The molecule has 0 aliphatic carbocycles. The van der Waals surface area contributed by atoms with Crippen molar-refractivity contribution >= 4 is 22.8 Å². The summed E-state index contributed by atoms with van der Waals surface area (Å²) in [7, 11) is 1.42. The van der Waals surface area contributed by atoms with Crippen LogP contribution in [0.3, 0.4) is 0 Å². The van der Waals surface area contributed by atoms with Crippen LogP contribution in [0.15, 0.2) is 41.3 Å². The summed E-state index contributed by atoms with van der Waals surface area (Å²) < 4.78 is 14.8. The van der Waals surface area contributed by atoms with Crippen LogP contribution >= 0.6 is 0 Å². The number of nitrogens with one attached hydrogen (secondary N) is 1. The number of hydrogen-bond donors (Lipinski definition) is 1. The van der Waals surface area contributed by atoms with Gasteiger partial charge >= 0.3 is 6.09 Å². The van der Waals surface area contributed by atoms with Gasteiger partial charge in [0.05, 0.1) is 29.9 Å². The van der Waals surface area contributed by atoms with Gasteiger partial charge in [-0.15, -0.1) is 0 Å². The highest BCUT2D eigenvalue weighted by Crippen LogP contribution is 2.36. The second kappa shape index (κ2) is 10.8. The molecule has 36 heavy (non-hydrogen) atoms. The Bertz CT molecular complexity index is 1280. The predicted molar refractivity (Wildman–Crippen MR) is 139 cm³/mol. The van der Waals surface area contributed by atoms with Gasteiger partial charge in [0.2, 0.25) is 0 Å². The third-order valence-electron chi connectivity index (χ3n) is 7.35. The molecule has 1 N–H and O–H groups in total. The summed E-state index contributed by atoms with van der Waals surface area (Å²) >= 11 is 0. The maximum Gasteiger partial charge on any atom is 0.414 e. The number of rotatable bonds is 8. The van der Waals surface area contributed by atoms with Crippen LogP contribution in [0.2, 0.25) is 0 Å². The molecule has 4 heterocycles. The number of aromatic nitrogens is 3. The summed E-state index contributed by atoms with van der Waals surface area (Å²) in [5.74, 6) is 0.941. The van der Waals surface area contributed by atoms with Gasteiger partial charge in [-0.05, 0) is 50.8 Å². The standard InChI is InChI=1S/C27H35N5O4/c1-19-8-9-21-22(32(19)27(34)35-2)10-11-23-26(21)29-24(12-15-30-14-4-3-7-25(30)33)31(23)16-13-28-18-20-6-5-17-36-20/h3-4,7,10-11,14,19-20,28H,5-6,8-9,12-13,15-18H2,1-2H3/t19-,20+/m0/s1. The van der Waals surface area contributed by atoms with E-state index in [1.54, 1.807) is 21.6 Å². The first-order chi connectivity index (χ1) is 17.6. The number of nitrogens with zero attached hydrogens (tertiary/aromatic N) is 4. The highest BCUT2D eigenvalue weighted by Gasteiger charge is 2.31. The molecule has 9 heteroatoms. The van der Waals surface area contributed by atoms with Crippen molar-refractivity contribution in [3.8, 4) is 0 Å². The summed E-state index contributed by atoms with van der Waals surface area (Å²) in [6, 6.07) is 9.36. The molecule has 0 saturated carbocycles. The smallest absolute Gasteiger partial charge is 0.414 e. The summed E-state index contributed by atoms with van der Waals surface area (Å²) in [6.45, 7) is 5.87. The van der Waals surface area contributed by atoms with Crippen molar-refractivity contribution in [3.05, 3.63) is 58.3 Å². The molecular weight excluding hydrogens is 458 g/mol. The van der Waals surface area contributed by atoms with Gasteiger partial charge in [-0.2, -0.15) is 0 Å². The number of imidazole rings is 1. The number of amides is 1. The third-order valence-corrected chi connectivity index (χ3v) is 7.35. The highest BCUT2D eigenvalue weighted by molar-refractivity contribution is 5.95. The van der Waals surface area contributed by atoms with Gasteiger partial charge in [0, 0.05) is 63.1 Å². The third kappa shape index (κ3) is 4.90. The Morgan fingerprint density at radius 1 is 1.22 bits per heavy atom. The van der Waals surface area contributed by atoms with Crippen molar-refractivity contribution < 1.29 is 14.3 Å². The van der Waals surface area contributed by atoms with Crippen molar-refractivity contribution in [1.29, 1.82) is 0 Å². The molecule has 2 aromatic heterocycles. The van der Waals surface area contributed by atoms with E-state index in [2.05, 4.69) is 16.0 Å². The lowest BCUT2D eigenvalue weighted by Gasteiger charge is -2.34. The van der Waals surface area contributed by atoms with Crippen LogP contribution in [0.4, 0.5) is 10.5 Å². The number of carbonyl (C=O) groups is 1. The lowest BCUT2D eigenvalue weighted by atomic mass is 9.96. The molecule has 0 unspecified atom stereocenters. The predicted octanol–water partition coefficient (Wildman–Crippen LogP) is 3.12. The molecule has 0 spiro atoms. The van der Waals surface area contributed by atoms with E-state index in [-0.39, 0.29) is 17.7 Å². The molecule has 1 amide bonds. The molecule has 1 aromatic carbocycles. The van der Waals surface area contributed by atoms with Gasteiger partial charge in [0.15, 0.2) is 0 Å². The molecule has 5 rings (SSSR count). The number of ether oxygens (including phenoxy) is 2. The molecule has 1 fully saturated rings. The number of anilines is 1. The molecule has 0 bridgehead atoms. The average molecular weight is 494 g/mol. The lowest BCUT2D eigenvalue weighted by molar-refractivity contribution is 0.110. The summed E-state index contributed by atoms with van der Waals surface area (Å²) in [4.78, 5) is 31.6. The molecule has 192 valence electrons. The van der Waals surface area contributed by atoms with E-state index in [1.165, 1.54) is 7.11 Å². The zero-order chi connectivity index (χ0) is 25.1. The molecule has 2 atom stereocenters. The van der Waals surface area contributed by atoms with Gasteiger partial charge in [0.1, 0.15) is 5.82 Å². The average Bonchev–Trinajstić information content (AvgIpc) is 3.53. The second-order valence-corrected chi connectivity index (χ2v) is 9.66. The summed E-state index contributed by atoms with van der Waals surface area (Å²) in [6.07, 6.45) is 6.36. The Kier molecular flexibility index (Phi) is 7.38. The largest absolute Gasteiger partial charge is 0.452 e. The number of benzene rings is 1. The minimum atomic E-state index is -0.343. The van der Waals surface area contributed by atoms with Crippen LogP contribution in [0.1, 0.15) is 37.6 Å². The normalized spacial score (nSPS) is 19.6. The zero-order valence-electron chi connectivity index (χ0n) is 21.1. The second-order valence-electron chi connectivity index (χ2n) is 9.66. The van der Waals surface area contributed by atoms with E-state index >= 15 is 0 Å². The van der Waals surface area contributed by atoms with Gasteiger partial charge < -0.3 is 23.9 Å². The highest BCUT2D eigenvalue weighted by atomic mass is 16.5. The fraction of sp³-hybridized carbons (Fsp3) is 0.519. The van der Waals surface area contributed by atoms with Gasteiger partial charge in [0.25, 0.3) is 5.56 Å². The Balaban J connectivity index is 1.45. The van der Waals surface area contributed by atoms with E-state index in [4.69, 9.17) is 14.5 Å². The number of hydrogen-bond acceptors (Lipinski definition) is 6. The van der Waals surface area contributed by atoms with Crippen LogP contribution in [0.5, 0.6) is 0 Å². The van der Waals surface area contributed by atoms with Gasteiger partial charge in [-0.1, -0.05) is 6.07 Å². The first-order valence-corrected chi connectivity index (χ1v) is 12.9. The number of pyridine rings is 1. The lowest BCUT2D eigenvalue weighted by Crippen LogP contribution is -2.42. The molecule has 2 aliphatic rings. The first kappa shape index (κ1) is 24.5. The molecule has 0 radical (unpaired) electrons. The fourth-order valence-electron chi connectivity index (χ4n) is 5.42. The van der Waals surface area contributed by atoms with E-state index in [1.807, 2.05) is 25.3 Å². The molecule has 3 aromatic rings. The van der Waals surface area contributed by atoms with Gasteiger partial charge in [-0.25, -0.2) is 9.78 Å². The quantitative estimate of drug-likeness (QED) is 0.485. The van der Waals surface area contributed by atoms with Crippen LogP contribution in [0.25, 0.3) is 11.0 Å². The van der Waals surface area contributed by atoms with E-state index < -0.39 is 0 Å². The molecule has 9 nitrogen and oxygen atoms in total. The van der Waals surface area contributed by atoms with Crippen LogP contribution < -0.4 is 15.8 Å². The Hall–Kier alpha value is -3.17. The Morgan fingerprint density at radius 3 is 2.89 bits per heavy atom. The number of aryl methyl sites for hydroxylation is 3. The van der Waals surface area contributed by atoms with Crippen molar-refractivity contribution in [3.63, 3.8) is 0 Å². The van der Waals surface area contributed by atoms with E-state index in [0.29, 0.717) is 19.1 Å². The van der Waals surface area contributed by atoms with E-state index in [9.17, 15) is 9.59 Å². The Morgan fingerprint density at radius 2 is 2.11 bits per heavy atom. The van der Waals surface area contributed by atoms with Gasteiger partial charge in [-0.3, -0.25) is 9.69 Å². The number of carbonyl (C=O) groups excluding carboxylic acids is 1. The van der Waals surface area contributed by atoms with Crippen molar-refractivity contribution in [2.75, 3.05) is 31.7 Å². The zero-order valence-corrected chi connectivity index (χ0v) is 21.1. The van der Waals surface area contributed by atoms with Crippen LogP contribution in [0, 0.1) is 0 Å². The van der Waals surface area contributed by atoms with E-state index in [0.717, 1.165) is 80.0 Å². The molecule has 2 aliphatic heterocycles. The summed E-state index contributed by atoms with van der Waals surface area (Å²) in [5.41, 5.74) is 3.93. The minimum absolute atomic E-state index is 0.0153. The van der Waals surface area contributed by atoms with Crippen molar-refractivity contribution in [2.45, 2.75) is 64.3 Å². The van der Waals surface area contributed by atoms with Crippen molar-refractivity contribution in [1.82, 2.24) is 19.4 Å². The molecule has 1 saturated heterocycles. The monoisotopic (exact) mass is 493 g/mol. The van der Waals surface area contributed by atoms with Crippen LogP contribution in [-0.4, -0.2) is 59.2 Å². The van der Waals surface area contributed by atoms with Crippen LogP contribution in [-0.2, 0) is 35.4 Å². The minimum Gasteiger partial charge on any atom is -0.452 e. The summed E-state index contributed by atoms with van der Waals surface area (Å²) in [5, 5.41) is 3.54. The fourth-order valence-corrected chi connectivity index (χ4v) is 5.42. The number of methoxy groups -OCH3 is 1. The number of fused-ring (bicyclic) bond motifs is 3. The maximum absolute atomic E-state index is 12.6. The molecular formula is C27H35N5O4. The maximum atomic E-state index is 12.6. The Labute approximate surface area is 211 Å². The SMILES string of the molecule is COC(=O)N1c2ccc3c(nc(CCn4ccccc4=O)n3CCNC[C@H]3CCCO3)c2CC[C@@H]1C. The van der Waals surface area contributed by atoms with Crippen molar-refractivity contribution in [2.24, 2.45) is 0 Å². The topological polar surface area (TPSA) is 90.6 Å².